The van der Waals surface area contributed by atoms with Crippen molar-refractivity contribution >= 4 is 63.5 Å². The molecule has 0 aliphatic rings. The van der Waals surface area contributed by atoms with Gasteiger partial charge in [-0.25, -0.2) is 0 Å². The van der Waals surface area contributed by atoms with Crippen LogP contribution in [0.5, 0.6) is 0 Å². The number of carbonyl (C=O) groups is 1. The van der Waals surface area contributed by atoms with E-state index in [1.165, 1.54) is 0 Å². The summed E-state index contributed by atoms with van der Waals surface area (Å²) in [7, 11) is 0. The van der Waals surface area contributed by atoms with Crippen LogP contribution in [0, 0.1) is 0 Å². The fourth-order valence-electron chi connectivity index (χ4n) is 1.82. The van der Waals surface area contributed by atoms with Gasteiger partial charge in [0, 0.05) is 42.0 Å². The van der Waals surface area contributed by atoms with Crippen molar-refractivity contribution in [1.29, 1.82) is 0 Å². The van der Waals surface area contributed by atoms with Gasteiger partial charge in [-0.2, -0.15) is 11.8 Å². The van der Waals surface area contributed by atoms with Crippen LogP contribution >= 0.6 is 51.7 Å². The average molecular weight is 529 g/mol. The molecule has 0 unspecified atom stereocenters. The maximum absolute atomic E-state index is 12.0. The fourth-order valence-corrected chi connectivity index (χ4v) is 2.52. The molecule has 0 aromatic heterocycles. The summed E-state index contributed by atoms with van der Waals surface area (Å²) in [6.45, 7) is 5.06. The summed E-state index contributed by atoms with van der Waals surface area (Å²) in [5, 5.41) is 9.40. The maximum atomic E-state index is 12.0. The minimum absolute atomic E-state index is 0. The fraction of sp³-hybridized carbons (Fsp3) is 0.500. The third-order valence-electron chi connectivity index (χ3n) is 2.92. The zero-order valence-corrected chi connectivity index (χ0v) is 18.8. The van der Waals surface area contributed by atoms with Crippen LogP contribution in [0.4, 0.5) is 0 Å². The van der Waals surface area contributed by atoms with Crippen molar-refractivity contribution in [3.63, 3.8) is 0 Å². The van der Waals surface area contributed by atoms with Crippen LogP contribution in [0.2, 0.25) is 0 Å². The third-order valence-corrected chi connectivity index (χ3v) is 4.03. The van der Waals surface area contributed by atoms with Crippen molar-refractivity contribution in [3.05, 3.63) is 34.3 Å². The molecule has 1 rings (SSSR count). The Balaban J connectivity index is 0.00000529. The van der Waals surface area contributed by atoms with E-state index in [0.29, 0.717) is 18.7 Å². The average Bonchev–Trinajstić information content (AvgIpc) is 2.54. The summed E-state index contributed by atoms with van der Waals surface area (Å²) < 4.78 is 0.904. The Labute approximate surface area is 174 Å². The summed E-state index contributed by atoms with van der Waals surface area (Å²) in [5.41, 5.74) is 0.662. The number of guanidine groups is 1. The van der Waals surface area contributed by atoms with Crippen molar-refractivity contribution < 1.29 is 4.79 Å². The number of nitrogens with one attached hydrogen (secondary N) is 3. The van der Waals surface area contributed by atoms with Crippen LogP contribution in [0.3, 0.4) is 0 Å². The minimum Gasteiger partial charge on any atom is -0.357 e. The maximum Gasteiger partial charge on any atom is 0.251 e. The molecule has 24 heavy (non-hydrogen) atoms. The topological polar surface area (TPSA) is 65.5 Å². The van der Waals surface area contributed by atoms with Crippen LogP contribution in [-0.4, -0.2) is 50.1 Å². The number of amides is 1. The van der Waals surface area contributed by atoms with E-state index in [1.807, 2.05) is 25.1 Å². The van der Waals surface area contributed by atoms with Gasteiger partial charge in [0.2, 0.25) is 0 Å². The van der Waals surface area contributed by atoms with Crippen LogP contribution in [0.15, 0.2) is 33.7 Å². The van der Waals surface area contributed by atoms with Gasteiger partial charge in [-0.1, -0.05) is 22.0 Å². The number of hydrogen-bond donors (Lipinski definition) is 3. The molecule has 3 N–H and O–H groups in total. The Hall–Kier alpha value is -0.480. The van der Waals surface area contributed by atoms with Gasteiger partial charge in [-0.3, -0.25) is 9.79 Å². The Morgan fingerprint density at radius 1 is 1.25 bits per heavy atom. The van der Waals surface area contributed by atoms with E-state index in [-0.39, 0.29) is 29.9 Å². The van der Waals surface area contributed by atoms with Crippen molar-refractivity contribution in [2.45, 2.75) is 13.3 Å². The smallest absolute Gasteiger partial charge is 0.251 e. The van der Waals surface area contributed by atoms with Gasteiger partial charge >= 0.3 is 0 Å². The van der Waals surface area contributed by atoms with E-state index in [0.717, 1.165) is 35.7 Å². The Bertz CT molecular complexity index is 517. The van der Waals surface area contributed by atoms with Gasteiger partial charge in [0.05, 0.1) is 0 Å². The number of benzene rings is 1. The van der Waals surface area contributed by atoms with Gasteiger partial charge in [-0.05, 0) is 37.8 Å². The molecule has 0 bridgehead atoms. The summed E-state index contributed by atoms with van der Waals surface area (Å²) in [6, 6.07) is 7.37. The van der Waals surface area contributed by atoms with Crippen LogP contribution in [-0.2, 0) is 0 Å². The molecule has 8 heteroatoms. The monoisotopic (exact) mass is 528 g/mol. The zero-order valence-electron chi connectivity index (χ0n) is 14.1. The van der Waals surface area contributed by atoms with E-state index >= 15 is 0 Å². The molecular weight excluding hydrogens is 503 g/mol. The lowest BCUT2D eigenvalue weighted by molar-refractivity contribution is 0.0953. The van der Waals surface area contributed by atoms with Gasteiger partial charge < -0.3 is 16.0 Å². The number of aliphatic imine (C=N–C) groups is 1. The predicted octanol–water partition coefficient (Wildman–Crippen LogP) is 3.11. The molecule has 0 radical (unpaired) electrons. The van der Waals surface area contributed by atoms with E-state index in [1.54, 1.807) is 17.8 Å². The lowest BCUT2D eigenvalue weighted by Crippen LogP contribution is -2.38. The SMILES string of the molecule is CCNC(=NCCCNC(=O)c1cccc(Br)c1)NCCSC.I. The molecular formula is C16H26BrIN4OS. The van der Waals surface area contributed by atoms with E-state index in [4.69, 9.17) is 0 Å². The van der Waals surface area contributed by atoms with Crippen LogP contribution in [0.25, 0.3) is 0 Å². The predicted molar refractivity (Wildman–Crippen MR) is 119 cm³/mol. The van der Waals surface area contributed by atoms with Crippen molar-refractivity contribution in [3.8, 4) is 0 Å². The van der Waals surface area contributed by atoms with E-state index in [9.17, 15) is 4.79 Å². The zero-order chi connectivity index (χ0) is 16.9. The highest BCUT2D eigenvalue weighted by Crippen LogP contribution is 2.11. The summed E-state index contributed by atoms with van der Waals surface area (Å²) >= 11 is 5.17. The highest BCUT2D eigenvalue weighted by atomic mass is 127. The number of carbonyl (C=O) groups excluding carboxylic acids is 1. The molecule has 136 valence electrons. The van der Waals surface area contributed by atoms with Crippen molar-refractivity contribution in [2.24, 2.45) is 4.99 Å². The minimum atomic E-state index is -0.0553. The van der Waals surface area contributed by atoms with Crippen LogP contribution in [0.1, 0.15) is 23.7 Å². The first-order valence-corrected chi connectivity index (χ1v) is 9.91. The molecule has 0 fully saturated rings. The molecule has 0 atom stereocenters. The van der Waals surface area contributed by atoms with Gasteiger partial charge in [0.25, 0.3) is 5.91 Å². The molecule has 0 spiro atoms. The second-order valence-electron chi connectivity index (χ2n) is 4.80. The summed E-state index contributed by atoms with van der Waals surface area (Å²) in [4.78, 5) is 16.5. The molecule has 0 aliphatic carbocycles. The lowest BCUT2D eigenvalue weighted by Gasteiger charge is -2.10. The Kier molecular flexibility index (Phi) is 14.5. The standard InChI is InChI=1S/C16H25BrN4OS.HI/c1-3-18-16(21-10-11-23-2)20-9-5-8-19-15(22)13-6-4-7-14(17)12-13;/h4,6-7,12H,3,5,8-11H2,1-2H3,(H,19,22)(H2,18,20,21);1H. The third kappa shape index (κ3) is 10.4. The van der Waals surface area contributed by atoms with Crippen LogP contribution < -0.4 is 16.0 Å². The highest BCUT2D eigenvalue weighted by Gasteiger charge is 2.04. The number of thioether (sulfide) groups is 1. The number of hydrogen-bond acceptors (Lipinski definition) is 3. The van der Waals surface area contributed by atoms with E-state index < -0.39 is 0 Å². The Morgan fingerprint density at radius 3 is 2.71 bits per heavy atom. The second kappa shape index (κ2) is 14.8. The van der Waals surface area contributed by atoms with Gasteiger partial charge in [-0.15, -0.1) is 24.0 Å². The highest BCUT2D eigenvalue weighted by molar-refractivity contribution is 14.0. The van der Waals surface area contributed by atoms with E-state index in [2.05, 4.69) is 43.1 Å². The molecule has 5 nitrogen and oxygen atoms in total. The molecule has 0 saturated carbocycles. The Morgan fingerprint density at radius 2 is 2.04 bits per heavy atom. The molecule has 1 aromatic rings. The quantitative estimate of drug-likeness (QED) is 0.199. The first kappa shape index (κ1) is 23.5. The first-order chi connectivity index (χ1) is 11.2. The number of halogens is 2. The second-order valence-corrected chi connectivity index (χ2v) is 6.70. The molecule has 1 amide bonds. The molecule has 1 aromatic carbocycles. The first-order valence-electron chi connectivity index (χ1n) is 7.72. The molecule has 0 aliphatic heterocycles. The molecule has 0 saturated heterocycles. The van der Waals surface area contributed by atoms with Crippen molar-refractivity contribution in [1.82, 2.24) is 16.0 Å². The summed E-state index contributed by atoms with van der Waals surface area (Å²) in [6.07, 6.45) is 2.89. The lowest BCUT2D eigenvalue weighted by atomic mass is 10.2. The van der Waals surface area contributed by atoms with Crippen molar-refractivity contribution in [2.75, 3.05) is 38.2 Å². The molecule has 0 heterocycles. The number of nitrogens with zero attached hydrogens (tertiary/aromatic N) is 1. The normalized spacial score (nSPS) is 10.7. The number of rotatable bonds is 9. The summed E-state index contributed by atoms with van der Waals surface area (Å²) in [5.74, 6) is 1.83. The van der Waals surface area contributed by atoms with Gasteiger partial charge in [0.15, 0.2) is 5.96 Å². The largest absolute Gasteiger partial charge is 0.357 e. The van der Waals surface area contributed by atoms with Gasteiger partial charge in [0.1, 0.15) is 0 Å².